The van der Waals surface area contributed by atoms with Crippen molar-refractivity contribution in [3.8, 4) is 0 Å². The number of carbonyl (C=O) groups is 1. The highest BCUT2D eigenvalue weighted by atomic mass is 16.4. The van der Waals surface area contributed by atoms with Gasteiger partial charge in [-0.15, -0.1) is 0 Å². The van der Waals surface area contributed by atoms with Crippen LogP contribution in [0.4, 0.5) is 0 Å². The van der Waals surface area contributed by atoms with Crippen molar-refractivity contribution in [1.29, 1.82) is 0 Å². The number of aryl methyl sites for hydroxylation is 1. The van der Waals surface area contributed by atoms with Gasteiger partial charge < -0.3 is 5.11 Å². The van der Waals surface area contributed by atoms with Crippen molar-refractivity contribution in [1.82, 2.24) is 4.90 Å². The molecule has 0 spiro atoms. The van der Waals surface area contributed by atoms with Crippen LogP contribution in [-0.4, -0.2) is 29.1 Å². The molecule has 3 heteroatoms. The second-order valence-electron chi connectivity index (χ2n) is 5.00. The molecule has 0 aromatic heterocycles. The molecule has 17 heavy (non-hydrogen) atoms. The van der Waals surface area contributed by atoms with Gasteiger partial charge in [0.2, 0.25) is 0 Å². The number of carboxylic acids is 1. The number of aliphatic carboxylic acids is 1. The first kappa shape index (κ1) is 12.1. The van der Waals surface area contributed by atoms with E-state index in [0.717, 1.165) is 19.0 Å². The molecule has 0 atom stereocenters. The lowest BCUT2D eigenvalue weighted by molar-refractivity contribution is -0.138. The Bertz CT molecular complexity index is 399. The Balaban J connectivity index is 1.97. The first-order valence-electron chi connectivity index (χ1n) is 6.13. The van der Waals surface area contributed by atoms with Gasteiger partial charge in [-0.1, -0.05) is 29.8 Å². The van der Waals surface area contributed by atoms with Crippen LogP contribution in [-0.2, 0) is 11.3 Å². The summed E-state index contributed by atoms with van der Waals surface area (Å²) >= 11 is 0. The van der Waals surface area contributed by atoms with Crippen molar-refractivity contribution < 1.29 is 9.90 Å². The van der Waals surface area contributed by atoms with Gasteiger partial charge in [0.25, 0.3) is 0 Å². The van der Waals surface area contributed by atoms with Crippen LogP contribution in [0.3, 0.4) is 0 Å². The Labute approximate surface area is 102 Å². The summed E-state index contributed by atoms with van der Waals surface area (Å²) in [5.74, 6) is -0.0162. The maximum Gasteiger partial charge on any atom is 0.317 e. The minimum absolute atomic E-state index is 0.143. The van der Waals surface area contributed by atoms with Crippen molar-refractivity contribution in [2.45, 2.75) is 26.3 Å². The molecule has 92 valence electrons. The van der Waals surface area contributed by atoms with Crippen LogP contribution in [0.2, 0.25) is 0 Å². The van der Waals surface area contributed by atoms with E-state index in [1.54, 1.807) is 0 Å². The highest BCUT2D eigenvalue weighted by Gasteiger charge is 2.25. The summed E-state index contributed by atoms with van der Waals surface area (Å²) in [5.41, 5.74) is 2.43. The summed E-state index contributed by atoms with van der Waals surface area (Å²) in [6.45, 7) is 3.86. The zero-order chi connectivity index (χ0) is 12.3. The Kier molecular flexibility index (Phi) is 3.79. The number of hydrogen-bond donors (Lipinski definition) is 1. The maximum atomic E-state index is 10.8. The molecule has 0 unspecified atom stereocenters. The van der Waals surface area contributed by atoms with Crippen LogP contribution in [0, 0.1) is 12.8 Å². The van der Waals surface area contributed by atoms with Crippen LogP contribution in [0.5, 0.6) is 0 Å². The SMILES string of the molecule is Cc1cccc(CN(CC(=O)O)CC2CC2)c1. The molecular weight excluding hydrogens is 214 g/mol. The van der Waals surface area contributed by atoms with E-state index in [9.17, 15) is 4.79 Å². The molecule has 0 amide bonds. The molecule has 2 rings (SSSR count). The molecule has 0 aliphatic heterocycles. The predicted octanol–water partition coefficient (Wildman–Crippen LogP) is 2.29. The van der Waals surface area contributed by atoms with Crippen molar-refractivity contribution in [3.05, 3.63) is 35.4 Å². The lowest BCUT2D eigenvalue weighted by Gasteiger charge is -2.20. The topological polar surface area (TPSA) is 40.5 Å². The van der Waals surface area contributed by atoms with E-state index < -0.39 is 5.97 Å². The minimum Gasteiger partial charge on any atom is -0.480 e. The van der Waals surface area contributed by atoms with Crippen LogP contribution >= 0.6 is 0 Å². The van der Waals surface area contributed by atoms with E-state index in [2.05, 4.69) is 25.1 Å². The normalized spacial score (nSPS) is 15.2. The van der Waals surface area contributed by atoms with E-state index >= 15 is 0 Å². The molecule has 3 nitrogen and oxygen atoms in total. The lowest BCUT2D eigenvalue weighted by Crippen LogP contribution is -2.31. The van der Waals surface area contributed by atoms with Gasteiger partial charge in [-0.3, -0.25) is 9.69 Å². The number of benzene rings is 1. The van der Waals surface area contributed by atoms with Crippen LogP contribution < -0.4 is 0 Å². The second kappa shape index (κ2) is 5.32. The average Bonchev–Trinajstić information content (AvgIpc) is 3.00. The fourth-order valence-electron chi connectivity index (χ4n) is 2.11. The third-order valence-corrected chi connectivity index (χ3v) is 3.06. The van der Waals surface area contributed by atoms with Crippen LogP contribution in [0.1, 0.15) is 24.0 Å². The fourth-order valence-corrected chi connectivity index (χ4v) is 2.11. The number of nitrogens with zero attached hydrogens (tertiary/aromatic N) is 1. The predicted molar refractivity (Wildman–Crippen MR) is 66.8 cm³/mol. The van der Waals surface area contributed by atoms with Gasteiger partial charge in [0.15, 0.2) is 0 Å². The van der Waals surface area contributed by atoms with Crippen molar-refractivity contribution in [2.75, 3.05) is 13.1 Å². The molecule has 1 saturated carbocycles. The molecule has 1 aliphatic carbocycles. The summed E-state index contributed by atoms with van der Waals surface area (Å²) in [6.07, 6.45) is 2.51. The van der Waals surface area contributed by atoms with Gasteiger partial charge in [-0.25, -0.2) is 0 Å². The highest BCUT2D eigenvalue weighted by molar-refractivity contribution is 5.69. The Hall–Kier alpha value is -1.35. The van der Waals surface area contributed by atoms with Gasteiger partial charge in [-0.05, 0) is 31.2 Å². The van der Waals surface area contributed by atoms with Gasteiger partial charge >= 0.3 is 5.97 Å². The molecule has 0 radical (unpaired) electrons. The molecule has 1 aromatic rings. The van der Waals surface area contributed by atoms with Gasteiger partial charge in [0.05, 0.1) is 6.54 Å². The van der Waals surface area contributed by atoms with E-state index in [1.165, 1.54) is 24.0 Å². The monoisotopic (exact) mass is 233 g/mol. The fraction of sp³-hybridized carbons (Fsp3) is 0.500. The number of hydrogen-bond acceptors (Lipinski definition) is 2. The molecular formula is C14H19NO2. The number of carboxylic acid groups (broad SMARTS) is 1. The third kappa shape index (κ3) is 4.19. The first-order valence-corrected chi connectivity index (χ1v) is 6.13. The Morgan fingerprint density at radius 1 is 1.47 bits per heavy atom. The summed E-state index contributed by atoms with van der Waals surface area (Å²) in [4.78, 5) is 12.9. The molecule has 1 N–H and O–H groups in total. The molecule has 1 fully saturated rings. The van der Waals surface area contributed by atoms with E-state index in [0.29, 0.717) is 0 Å². The molecule has 0 heterocycles. The lowest BCUT2D eigenvalue weighted by atomic mass is 10.1. The summed E-state index contributed by atoms with van der Waals surface area (Å²) in [6, 6.07) is 8.28. The van der Waals surface area contributed by atoms with Gasteiger partial charge in [-0.2, -0.15) is 0 Å². The standard InChI is InChI=1S/C14H19NO2/c1-11-3-2-4-13(7-11)9-15(10-14(16)17)8-12-5-6-12/h2-4,7,12H,5-6,8-10H2,1H3,(H,16,17). The van der Waals surface area contributed by atoms with Gasteiger partial charge in [0.1, 0.15) is 0 Å². The van der Waals surface area contributed by atoms with E-state index in [-0.39, 0.29) is 6.54 Å². The van der Waals surface area contributed by atoms with E-state index in [1.807, 2.05) is 11.0 Å². The summed E-state index contributed by atoms with van der Waals surface area (Å²) < 4.78 is 0. The zero-order valence-corrected chi connectivity index (χ0v) is 10.2. The number of rotatable bonds is 6. The largest absolute Gasteiger partial charge is 0.480 e. The first-order chi connectivity index (χ1) is 8.13. The molecule has 1 aromatic carbocycles. The van der Waals surface area contributed by atoms with Gasteiger partial charge in [0, 0.05) is 13.1 Å². The second-order valence-corrected chi connectivity index (χ2v) is 5.00. The minimum atomic E-state index is -0.738. The summed E-state index contributed by atoms with van der Waals surface area (Å²) in [5, 5.41) is 8.91. The molecule has 0 saturated heterocycles. The van der Waals surface area contributed by atoms with Crippen molar-refractivity contribution in [2.24, 2.45) is 5.92 Å². The third-order valence-electron chi connectivity index (χ3n) is 3.06. The summed E-state index contributed by atoms with van der Waals surface area (Å²) in [7, 11) is 0. The molecule has 0 bridgehead atoms. The zero-order valence-electron chi connectivity index (χ0n) is 10.2. The Morgan fingerprint density at radius 2 is 2.24 bits per heavy atom. The van der Waals surface area contributed by atoms with E-state index in [4.69, 9.17) is 5.11 Å². The quantitative estimate of drug-likeness (QED) is 0.819. The Morgan fingerprint density at radius 3 is 2.82 bits per heavy atom. The maximum absolute atomic E-state index is 10.8. The molecule has 1 aliphatic rings. The van der Waals surface area contributed by atoms with Crippen molar-refractivity contribution >= 4 is 5.97 Å². The van der Waals surface area contributed by atoms with Crippen molar-refractivity contribution in [3.63, 3.8) is 0 Å². The van der Waals surface area contributed by atoms with Crippen LogP contribution in [0.25, 0.3) is 0 Å². The van der Waals surface area contributed by atoms with Crippen LogP contribution in [0.15, 0.2) is 24.3 Å². The average molecular weight is 233 g/mol. The highest BCUT2D eigenvalue weighted by Crippen LogP contribution is 2.30. The smallest absolute Gasteiger partial charge is 0.317 e.